The molecule has 0 saturated heterocycles. The molecule has 2 aromatic rings. The molecule has 1 N–H and O–H groups in total. The molecule has 116 valence electrons. The van der Waals surface area contributed by atoms with Gasteiger partial charge in [-0.3, -0.25) is 4.79 Å². The average Bonchev–Trinajstić information content (AvgIpc) is 2.55. The van der Waals surface area contributed by atoms with Crippen molar-refractivity contribution in [2.75, 3.05) is 20.8 Å². The van der Waals surface area contributed by atoms with E-state index < -0.39 is 5.82 Å². The number of ether oxygens (including phenoxy) is 2. The third kappa shape index (κ3) is 3.75. The van der Waals surface area contributed by atoms with Gasteiger partial charge in [0.15, 0.2) is 11.6 Å². The summed E-state index contributed by atoms with van der Waals surface area (Å²) in [5.74, 6) is 0.111. The van der Waals surface area contributed by atoms with E-state index in [2.05, 4.69) is 5.32 Å². The smallest absolute Gasteiger partial charge is 0.255 e. The third-order valence-corrected chi connectivity index (χ3v) is 3.27. The Morgan fingerprint density at radius 3 is 2.50 bits per heavy atom. The predicted molar refractivity (Wildman–Crippen MR) is 82.0 cm³/mol. The number of para-hydroxylation sites is 1. The molecule has 1 amide bonds. The minimum absolute atomic E-state index is 0.210. The number of hydrogen-bond acceptors (Lipinski definition) is 3. The number of benzene rings is 2. The van der Waals surface area contributed by atoms with Gasteiger partial charge in [-0.25, -0.2) is 4.39 Å². The quantitative estimate of drug-likeness (QED) is 0.892. The summed E-state index contributed by atoms with van der Waals surface area (Å²) in [6.07, 6.45) is 0.530. The number of carbonyl (C=O) groups is 1. The van der Waals surface area contributed by atoms with E-state index in [9.17, 15) is 9.18 Å². The van der Waals surface area contributed by atoms with Crippen molar-refractivity contribution < 1.29 is 18.7 Å². The van der Waals surface area contributed by atoms with Crippen molar-refractivity contribution in [1.29, 1.82) is 0 Å². The van der Waals surface area contributed by atoms with Crippen LogP contribution in [0.25, 0.3) is 0 Å². The van der Waals surface area contributed by atoms with Crippen molar-refractivity contribution in [1.82, 2.24) is 5.32 Å². The molecule has 2 aromatic carbocycles. The van der Waals surface area contributed by atoms with Gasteiger partial charge in [-0.05, 0) is 36.2 Å². The van der Waals surface area contributed by atoms with E-state index in [-0.39, 0.29) is 11.7 Å². The number of nitrogens with one attached hydrogen (secondary N) is 1. The zero-order valence-corrected chi connectivity index (χ0v) is 12.6. The molecule has 0 aliphatic rings. The highest BCUT2D eigenvalue weighted by Gasteiger charge is 2.10. The van der Waals surface area contributed by atoms with Crippen molar-refractivity contribution in [2.45, 2.75) is 6.42 Å². The van der Waals surface area contributed by atoms with E-state index in [4.69, 9.17) is 9.47 Å². The van der Waals surface area contributed by atoms with Crippen LogP contribution < -0.4 is 14.8 Å². The third-order valence-electron chi connectivity index (χ3n) is 3.27. The topological polar surface area (TPSA) is 47.6 Å². The van der Waals surface area contributed by atoms with Crippen LogP contribution in [-0.4, -0.2) is 26.7 Å². The molecule has 0 fully saturated rings. The lowest BCUT2D eigenvalue weighted by molar-refractivity contribution is 0.0951. The maximum Gasteiger partial charge on any atom is 0.255 e. The SMILES string of the molecule is COc1ccc(CCNC(=O)c2ccccc2OC)cc1F. The first-order valence-electron chi connectivity index (χ1n) is 6.89. The summed E-state index contributed by atoms with van der Waals surface area (Å²) in [5, 5.41) is 2.80. The summed E-state index contributed by atoms with van der Waals surface area (Å²) in [4.78, 5) is 12.1. The van der Waals surface area contributed by atoms with Crippen LogP contribution in [0.3, 0.4) is 0 Å². The standard InChI is InChI=1S/C17H18FNO3/c1-21-15-6-4-3-5-13(15)17(20)19-10-9-12-7-8-16(22-2)14(18)11-12/h3-8,11H,9-10H2,1-2H3,(H,19,20). The molecule has 0 aliphatic heterocycles. The molecule has 4 nitrogen and oxygen atoms in total. The fraction of sp³-hybridized carbons (Fsp3) is 0.235. The first-order chi connectivity index (χ1) is 10.7. The van der Waals surface area contributed by atoms with E-state index in [1.807, 2.05) is 0 Å². The summed E-state index contributed by atoms with van der Waals surface area (Å²) in [6.45, 7) is 0.405. The van der Waals surface area contributed by atoms with Crippen LogP contribution in [-0.2, 0) is 6.42 Å². The lowest BCUT2D eigenvalue weighted by Gasteiger charge is -2.09. The second-order valence-electron chi connectivity index (χ2n) is 4.68. The van der Waals surface area contributed by atoms with Crippen molar-refractivity contribution in [3.05, 3.63) is 59.4 Å². The van der Waals surface area contributed by atoms with E-state index in [0.717, 1.165) is 5.56 Å². The molecule has 0 bridgehead atoms. The number of carbonyl (C=O) groups excluding carboxylic acids is 1. The Labute approximate surface area is 128 Å². The largest absolute Gasteiger partial charge is 0.496 e. The zero-order valence-electron chi connectivity index (χ0n) is 12.6. The lowest BCUT2D eigenvalue weighted by Crippen LogP contribution is -2.26. The molecule has 0 saturated carbocycles. The van der Waals surface area contributed by atoms with Gasteiger partial charge in [-0.1, -0.05) is 18.2 Å². The number of hydrogen-bond donors (Lipinski definition) is 1. The number of halogens is 1. The van der Waals surface area contributed by atoms with Gasteiger partial charge in [-0.15, -0.1) is 0 Å². The molecule has 0 atom stereocenters. The van der Waals surface area contributed by atoms with Crippen molar-refractivity contribution in [3.8, 4) is 11.5 Å². The van der Waals surface area contributed by atoms with Gasteiger partial charge in [0.2, 0.25) is 0 Å². The van der Waals surface area contributed by atoms with Crippen LogP contribution in [0.2, 0.25) is 0 Å². The first kappa shape index (κ1) is 15.8. The minimum atomic E-state index is -0.406. The van der Waals surface area contributed by atoms with Crippen LogP contribution in [0.4, 0.5) is 4.39 Å². The summed E-state index contributed by atoms with van der Waals surface area (Å²) >= 11 is 0. The van der Waals surface area contributed by atoms with Gasteiger partial charge >= 0.3 is 0 Å². The highest BCUT2D eigenvalue weighted by atomic mass is 19.1. The molecule has 2 rings (SSSR count). The molecule has 0 unspecified atom stereocenters. The van der Waals surface area contributed by atoms with Crippen molar-refractivity contribution in [2.24, 2.45) is 0 Å². The molecule has 0 radical (unpaired) electrons. The van der Waals surface area contributed by atoms with Gasteiger partial charge < -0.3 is 14.8 Å². The van der Waals surface area contributed by atoms with Gasteiger partial charge in [-0.2, -0.15) is 0 Å². The molecule has 0 heterocycles. The lowest BCUT2D eigenvalue weighted by atomic mass is 10.1. The van der Waals surface area contributed by atoms with Crippen LogP contribution in [0, 0.1) is 5.82 Å². The Bertz CT molecular complexity index is 658. The van der Waals surface area contributed by atoms with Crippen molar-refractivity contribution >= 4 is 5.91 Å². The highest BCUT2D eigenvalue weighted by molar-refractivity contribution is 5.96. The van der Waals surface area contributed by atoms with Gasteiger partial charge in [0.25, 0.3) is 5.91 Å². The first-order valence-corrected chi connectivity index (χ1v) is 6.89. The number of amides is 1. The van der Waals surface area contributed by atoms with Crippen LogP contribution >= 0.6 is 0 Å². The van der Waals surface area contributed by atoms with Gasteiger partial charge in [0.1, 0.15) is 5.75 Å². The second kappa shape index (κ2) is 7.45. The summed E-state index contributed by atoms with van der Waals surface area (Å²) in [6, 6.07) is 11.8. The summed E-state index contributed by atoms with van der Waals surface area (Å²) in [7, 11) is 2.94. The molecule has 0 aliphatic carbocycles. The Morgan fingerprint density at radius 1 is 1.09 bits per heavy atom. The molecular weight excluding hydrogens is 285 g/mol. The number of rotatable bonds is 6. The molecular formula is C17H18FNO3. The summed E-state index contributed by atoms with van der Waals surface area (Å²) in [5.41, 5.74) is 1.27. The van der Waals surface area contributed by atoms with Crippen molar-refractivity contribution in [3.63, 3.8) is 0 Å². The highest BCUT2D eigenvalue weighted by Crippen LogP contribution is 2.18. The maximum absolute atomic E-state index is 13.6. The monoisotopic (exact) mass is 303 g/mol. The van der Waals surface area contributed by atoms with E-state index >= 15 is 0 Å². The number of methoxy groups -OCH3 is 2. The maximum atomic E-state index is 13.6. The predicted octanol–water partition coefficient (Wildman–Crippen LogP) is 2.82. The average molecular weight is 303 g/mol. The Kier molecular flexibility index (Phi) is 5.36. The van der Waals surface area contributed by atoms with E-state index in [1.165, 1.54) is 20.3 Å². The van der Waals surface area contributed by atoms with Gasteiger partial charge in [0, 0.05) is 6.54 Å². The van der Waals surface area contributed by atoms with Crippen LogP contribution in [0.1, 0.15) is 15.9 Å². The zero-order chi connectivity index (χ0) is 15.9. The molecule has 0 spiro atoms. The Hall–Kier alpha value is -2.56. The Morgan fingerprint density at radius 2 is 1.82 bits per heavy atom. The van der Waals surface area contributed by atoms with Gasteiger partial charge in [0.05, 0.1) is 19.8 Å². The van der Waals surface area contributed by atoms with Crippen LogP contribution in [0.15, 0.2) is 42.5 Å². The van der Waals surface area contributed by atoms with Crippen LogP contribution in [0.5, 0.6) is 11.5 Å². The van der Waals surface area contributed by atoms with E-state index in [0.29, 0.717) is 24.3 Å². The van der Waals surface area contributed by atoms with E-state index in [1.54, 1.807) is 36.4 Å². The fourth-order valence-corrected chi connectivity index (χ4v) is 2.11. The molecule has 0 aromatic heterocycles. The normalized spacial score (nSPS) is 10.1. The second-order valence-corrected chi connectivity index (χ2v) is 4.68. The minimum Gasteiger partial charge on any atom is -0.496 e. The molecule has 5 heteroatoms. The Balaban J connectivity index is 1.93. The fourth-order valence-electron chi connectivity index (χ4n) is 2.11. The summed E-state index contributed by atoms with van der Waals surface area (Å²) < 4.78 is 23.6. The molecule has 22 heavy (non-hydrogen) atoms.